The molecule has 1 aromatic carbocycles. The van der Waals surface area contributed by atoms with E-state index in [9.17, 15) is 0 Å². The van der Waals surface area contributed by atoms with E-state index in [1.165, 1.54) is 29.4 Å². The maximum absolute atomic E-state index is 5.65. The second-order valence-electron chi connectivity index (χ2n) is 7.34. The van der Waals surface area contributed by atoms with Gasteiger partial charge in [-0.2, -0.15) is 0 Å². The largest absolute Gasteiger partial charge is 0.381 e. The number of nitrogens with one attached hydrogen (secondary N) is 2. The third-order valence-corrected chi connectivity index (χ3v) is 5.49. The van der Waals surface area contributed by atoms with E-state index in [2.05, 4.69) is 52.5 Å². The highest BCUT2D eigenvalue weighted by Gasteiger charge is 2.42. The molecule has 1 unspecified atom stereocenters. The van der Waals surface area contributed by atoms with Gasteiger partial charge in [-0.1, -0.05) is 18.2 Å². The van der Waals surface area contributed by atoms with Crippen molar-refractivity contribution < 1.29 is 4.74 Å². The van der Waals surface area contributed by atoms with Crippen molar-refractivity contribution in [3.8, 4) is 0 Å². The van der Waals surface area contributed by atoms with Crippen molar-refractivity contribution in [2.75, 3.05) is 39.4 Å². The van der Waals surface area contributed by atoms with E-state index < -0.39 is 0 Å². The standard InChI is InChI=1S/C20H28N4O.HI/c1-2-21-19(24-11-8-20(14-24)9-12-25-15-20)22-10-7-17-13-16-5-3-4-6-18(16)23-17;/h3-6,13,23H,2,7-12,14-15H2,1H3,(H,21,22);1H. The highest BCUT2D eigenvalue weighted by Crippen LogP contribution is 2.38. The number of aromatic nitrogens is 1. The number of benzene rings is 1. The number of likely N-dealkylation sites (tertiary alicyclic amines) is 1. The minimum absolute atomic E-state index is 0. The van der Waals surface area contributed by atoms with Crippen molar-refractivity contribution in [2.45, 2.75) is 26.2 Å². The molecule has 2 saturated heterocycles. The number of aromatic amines is 1. The van der Waals surface area contributed by atoms with E-state index in [0.29, 0.717) is 5.41 Å². The highest BCUT2D eigenvalue weighted by molar-refractivity contribution is 14.0. The van der Waals surface area contributed by atoms with Crippen LogP contribution >= 0.6 is 24.0 Å². The van der Waals surface area contributed by atoms with Crippen LogP contribution in [0.3, 0.4) is 0 Å². The molecule has 2 aliphatic heterocycles. The third-order valence-electron chi connectivity index (χ3n) is 5.49. The first-order chi connectivity index (χ1) is 12.3. The van der Waals surface area contributed by atoms with Crippen molar-refractivity contribution in [2.24, 2.45) is 10.4 Å². The van der Waals surface area contributed by atoms with Crippen LogP contribution in [0.25, 0.3) is 10.9 Å². The Morgan fingerprint density at radius 3 is 3.00 bits per heavy atom. The van der Waals surface area contributed by atoms with Crippen LogP contribution in [0.1, 0.15) is 25.5 Å². The van der Waals surface area contributed by atoms with Crippen molar-refractivity contribution >= 4 is 40.8 Å². The fourth-order valence-corrected chi connectivity index (χ4v) is 4.06. The molecule has 5 nitrogen and oxygen atoms in total. The normalized spacial score (nSPS) is 23.0. The second kappa shape index (κ2) is 8.61. The lowest BCUT2D eigenvalue weighted by Crippen LogP contribution is -2.41. The smallest absolute Gasteiger partial charge is 0.193 e. The number of halogens is 1. The molecular weight excluding hydrogens is 439 g/mol. The van der Waals surface area contributed by atoms with E-state index >= 15 is 0 Å². The van der Waals surface area contributed by atoms with Gasteiger partial charge in [-0.15, -0.1) is 24.0 Å². The summed E-state index contributed by atoms with van der Waals surface area (Å²) in [5.74, 6) is 1.06. The predicted molar refractivity (Wildman–Crippen MR) is 117 cm³/mol. The number of ether oxygens (including phenoxy) is 1. The summed E-state index contributed by atoms with van der Waals surface area (Å²) in [6.07, 6.45) is 3.35. The Morgan fingerprint density at radius 2 is 2.23 bits per heavy atom. The van der Waals surface area contributed by atoms with Crippen molar-refractivity contribution in [3.05, 3.63) is 36.0 Å². The summed E-state index contributed by atoms with van der Waals surface area (Å²) in [6.45, 7) is 7.84. The number of fused-ring (bicyclic) bond motifs is 1. The summed E-state index contributed by atoms with van der Waals surface area (Å²) in [7, 11) is 0. The van der Waals surface area contributed by atoms with E-state index in [-0.39, 0.29) is 24.0 Å². The molecule has 1 spiro atoms. The van der Waals surface area contributed by atoms with Crippen LogP contribution in [-0.4, -0.2) is 55.2 Å². The first-order valence-corrected chi connectivity index (χ1v) is 9.46. The van der Waals surface area contributed by atoms with Gasteiger partial charge in [-0.3, -0.25) is 4.99 Å². The Bertz CT molecular complexity index is 718. The number of para-hydroxylation sites is 1. The summed E-state index contributed by atoms with van der Waals surface area (Å²) in [4.78, 5) is 10.8. The predicted octanol–water partition coefficient (Wildman–Crippen LogP) is 3.41. The minimum atomic E-state index is 0. The lowest BCUT2D eigenvalue weighted by molar-refractivity contribution is 0.156. The quantitative estimate of drug-likeness (QED) is 0.411. The zero-order valence-corrected chi connectivity index (χ0v) is 17.8. The average molecular weight is 468 g/mol. The van der Waals surface area contributed by atoms with Gasteiger partial charge >= 0.3 is 0 Å². The summed E-state index contributed by atoms with van der Waals surface area (Å²) >= 11 is 0. The molecule has 142 valence electrons. The highest BCUT2D eigenvalue weighted by atomic mass is 127. The molecule has 2 N–H and O–H groups in total. The molecule has 26 heavy (non-hydrogen) atoms. The van der Waals surface area contributed by atoms with Gasteiger partial charge < -0.3 is 19.9 Å². The first-order valence-electron chi connectivity index (χ1n) is 9.46. The monoisotopic (exact) mass is 468 g/mol. The molecule has 1 aromatic heterocycles. The topological polar surface area (TPSA) is 52.7 Å². The Kier molecular flexibility index (Phi) is 6.45. The molecule has 0 saturated carbocycles. The van der Waals surface area contributed by atoms with Crippen molar-refractivity contribution in [1.29, 1.82) is 0 Å². The van der Waals surface area contributed by atoms with E-state index in [4.69, 9.17) is 9.73 Å². The number of H-pyrrole nitrogens is 1. The third kappa shape index (κ3) is 4.17. The molecule has 2 aromatic rings. The van der Waals surface area contributed by atoms with Crippen LogP contribution in [-0.2, 0) is 11.2 Å². The molecule has 0 aliphatic carbocycles. The van der Waals surface area contributed by atoms with Gasteiger partial charge in [0.2, 0.25) is 0 Å². The zero-order chi connectivity index (χ0) is 17.1. The molecule has 6 heteroatoms. The van der Waals surface area contributed by atoms with Crippen LogP contribution in [0, 0.1) is 5.41 Å². The van der Waals surface area contributed by atoms with E-state index in [0.717, 1.165) is 51.8 Å². The Morgan fingerprint density at radius 1 is 1.35 bits per heavy atom. The molecule has 1 atom stereocenters. The van der Waals surface area contributed by atoms with Crippen molar-refractivity contribution in [1.82, 2.24) is 15.2 Å². The van der Waals surface area contributed by atoms with Gasteiger partial charge in [0.1, 0.15) is 0 Å². The van der Waals surface area contributed by atoms with Gasteiger partial charge in [0.15, 0.2) is 5.96 Å². The molecule has 0 bridgehead atoms. The van der Waals surface area contributed by atoms with E-state index in [1.54, 1.807) is 0 Å². The number of guanidine groups is 1. The number of hydrogen-bond donors (Lipinski definition) is 2. The molecular formula is C20H29IN4O. The SMILES string of the molecule is CCNC(=NCCc1cc2ccccc2[nH]1)N1CCC2(CCOC2)C1.I. The van der Waals surface area contributed by atoms with Gasteiger partial charge in [0.25, 0.3) is 0 Å². The molecule has 0 radical (unpaired) electrons. The first kappa shape index (κ1) is 19.5. The Balaban J connectivity index is 0.00000196. The van der Waals surface area contributed by atoms with Crippen LogP contribution in [0.15, 0.2) is 35.3 Å². The van der Waals surface area contributed by atoms with Crippen LogP contribution in [0.4, 0.5) is 0 Å². The fourth-order valence-electron chi connectivity index (χ4n) is 4.06. The van der Waals surface area contributed by atoms with Gasteiger partial charge in [-0.25, -0.2) is 0 Å². The number of aliphatic imine (C=N–C) groups is 1. The van der Waals surface area contributed by atoms with Crippen molar-refractivity contribution in [3.63, 3.8) is 0 Å². The molecule has 2 fully saturated rings. The molecule has 2 aliphatic rings. The zero-order valence-electron chi connectivity index (χ0n) is 15.5. The summed E-state index contributed by atoms with van der Waals surface area (Å²) in [6, 6.07) is 10.7. The molecule has 4 rings (SSSR count). The fraction of sp³-hybridized carbons (Fsp3) is 0.550. The number of rotatable bonds is 4. The van der Waals surface area contributed by atoms with Crippen LogP contribution < -0.4 is 5.32 Å². The molecule has 3 heterocycles. The van der Waals surface area contributed by atoms with E-state index in [1.807, 2.05) is 0 Å². The summed E-state index contributed by atoms with van der Waals surface area (Å²) < 4.78 is 5.65. The Hall–Kier alpha value is -1.28. The van der Waals surface area contributed by atoms with Gasteiger partial charge in [-0.05, 0) is 37.3 Å². The van der Waals surface area contributed by atoms with Gasteiger partial charge in [0, 0.05) is 55.8 Å². The van der Waals surface area contributed by atoms with Crippen LogP contribution in [0.5, 0.6) is 0 Å². The maximum atomic E-state index is 5.65. The van der Waals surface area contributed by atoms with Gasteiger partial charge in [0.05, 0.1) is 6.61 Å². The minimum Gasteiger partial charge on any atom is -0.381 e. The lowest BCUT2D eigenvalue weighted by atomic mass is 9.87. The lowest BCUT2D eigenvalue weighted by Gasteiger charge is -2.24. The second-order valence-corrected chi connectivity index (χ2v) is 7.34. The summed E-state index contributed by atoms with van der Waals surface area (Å²) in [5, 5.41) is 4.74. The summed E-state index contributed by atoms with van der Waals surface area (Å²) in [5.41, 5.74) is 2.83. The average Bonchev–Trinajstić information content (AvgIpc) is 3.35. The number of hydrogen-bond acceptors (Lipinski definition) is 2. The maximum Gasteiger partial charge on any atom is 0.193 e. The number of nitrogens with zero attached hydrogens (tertiary/aromatic N) is 2. The van der Waals surface area contributed by atoms with Crippen LogP contribution in [0.2, 0.25) is 0 Å². The molecule has 0 amide bonds. The Labute approximate surface area is 172 Å².